The van der Waals surface area contributed by atoms with Crippen molar-refractivity contribution in [1.29, 1.82) is 0 Å². The van der Waals surface area contributed by atoms with Gasteiger partial charge in [-0.3, -0.25) is 4.68 Å². The highest BCUT2D eigenvalue weighted by Gasteiger charge is 2.14. The third-order valence-electron chi connectivity index (χ3n) is 2.83. The van der Waals surface area contributed by atoms with Crippen molar-refractivity contribution in [1.82, 2.24) is 24.8 Å². The summed E-state index contributed by atoms with van der Waals surface area (Å²) in [6, 6.07) is 0. The molecule has 2 rings (SSSR count). The molecule has 0 amide bonds. The number of halogens is 2. The zero-order valence-electron chi connectivity index (χ0n) is 10.6. The summed E-state index contributed by atoms with van der Waals surface area (Å²) < 4.78 is 3.46. The summed E-state index contributed by atoms with van der Waals surface area (Å²) in [5.41, 5.74) is 2.85. The van der Waals surface area contributed by atoms with Crippen LogP contribution in [0.5, 0.6) is 0 Å². The lowest BCUT2D eigenvalue weighted by Crippen LogP contribution is -2.01. The minimum absolute atomic E-state index is 0.247. The molecule has 0 radical (unpaired) electrons. The van der Waals surface area contributed by atoms with Crippen molar-refractivity contribution in [3.63, 3.8) is 0 Å². The van der Waals surface area contributed by atoms with E-state index in [0.29, 0.717) is 11.7 Å². The lowest BCUT2D eigenvalue weighted by molar-refractivity contribution is 0.646. The van der Waals surface area contributed by atoms with Gasteiger partial charge in [-0.1, -0.05) is 39.7 Å². The van der Waals surface area contributed by atoms with Gasteiger partial charge in [0.1, 0.15) is 5.15 Å². The van der Waals surface area contributed by atoms with Gasteiger partial charge in [0.05, 0.1) is 22.8 Å². The van der Waals surface area contributed by atoms with Gasteiger partial charge >= 0.3 is 0 Å². The quantitative estimate of drug-likeness (QED) is 0.809. The van der Waals surface area contributed by atoms with E-state index < -0.39 is 0 Å². The van der Waals surface area contributed by atoms with Crippen molar-refractivity contribution in [3.8, 4) is 0 Å². The summed E-state index contributed by atoms with van der Waals surface area (Å²) in [5.74, 6) is 0. The normalized spacial score (nSPS) is 12.9. The SMILES string of the molecule is CCC(Br)c1cn(Cc2c(C)nn(C)c2Cl)nn1. The molecule has 0 saturated carbocycles. The molecule has 1 unspecified atom stereocenters. The molecule has 0 N–H and O–H groups in total. The average molecular weight is 333 g/mol. The highest BCUT2D eigenvalue weighted by Crippen LogP contribution is 2.24. The largest absolute Gasteiger partial charge is 0.256 e. The summed E-state index contributed by atoms with van der Waals surface area (Å²) in [5, 5.41) is 13.2. The second-order valence-electron chi connectivity index (χ2n) is 4.20. The number of aromatic nitrogens is 5. The fraction of sp³-hybridized carbons (Fsp3) is 0.545. The first-order valence-electron chi connectivity index (χ1n) is 5.75. The molecular weight excluding hydrogens is 318 g/mol. The molecule has 18 heavy (non-hydrogen) atoms. The Kier molecular flexibility index (Phi) is 4.07. The molecule has 1 atom stereocenters. The Balaban J connectivity index is 2.21. The first-order valence-corrected chi connectivity index (χ1v) is 7.04. The van der Waals surface area contributed by atoms with E-state index in [1.807, 2.05) is 20.2 Å². The predicted octanol–water partition coefficient (Wildman–Crippen LogP) is 2.87. The van der Waals surface area contributed by atoms with Gasteiger partial charge in [-0.05, 0) is 13.3 Å². The Morgan fingerprint density at radius 1 is 1.50 bits per heavy atom. The third-order valence-corrected chi connectivity index (χ3v) is 4.42. The summed E-state index contributed by atoms with van der Waals surface area (Å²) >= 11 is 9.75. The first kappa shape index (κ1) is 13.5. The van der Waals surface area contributed by atoms with Gasteiger partial charge in [-0.25, -0.2) is 4.68 Å². The standard InChI is InChI=1S/C11H15BrClN5/c1-4-9(12)10-6-18(16-14-10)5-8-7(2)15-17(3)11(8)13/h6,9H,4-5H2,1-3H3. The fourth-order valence-corrected chi connectivity index (χ4v) is 2.20. The third kappa shape index (κ3) is 2.59. The van der Waals surface area contributed by atoms with Crippen LogP contribution in [-0.4, -0.2) is 24.8 Å². The van der Waals surface area contributed by atoms with Crippen LogP contribution in [0.25, 0.3) is 0 Å². The lowest BCUT2D eigenvalue weighted by atomic mass is 10.2. The van der Waals surface area contributed by atoms with Gasteiger partial charge in [0.15, 0.2) is 0 Å². The van der Waals surface area contributed by atoms with Crippen LogP contribution in [0.1, 0.15) is 35.1 Å². The van der Waals surface area contributed by atoms with Crippen LogP contribution in [0.2, 0.25) is 5.15 Å². The maximum absolute atomic E-state index is 6.19. The molecule has 0 bridgehead atoms. The average Bonchev–Trinajstić information content (AvgIpc) is 2.90. The summed E-state index contributed by atoms with van der Waals surface area (Å²) in [6.45, 7) is 4.63. The van der Waals surface area contributed by atoms with Crippen molar-refractivity contribution >= 4 is 27.5 Å². The number of aryl methyl sites for hydroxylation is 2. The molecule has 98 valence electrons. The van der Waals surface area contributed by atoms with E-state index in [2.05, 4.69) is 38.3 Å². The molecule has 5 nitrogen and oxygen atoms in total. The second-order valence-corrected chi connectivity index (χ2v) is 5.66. The van der Waals surface area contributed by atoms with E-state index in [1.54, 1.807) is 9.36 Å². The molecule has 0 saturated heterocycles. The van der Waals surface area contributed by atoms with Crippen LogP contribution in [0.4, 0.5) is 0 Å². The van der Waals surface area contributed by atoms with Gasteiger partial charge in [-0.15, -0.1) is 5.10 Å². The van der Waals surface area contributed by atoms with Crippen molar-refractivity contribution < 1.29 is 0 Å². The highest BCUT2D eigenvalue weighted by molar-refractivity contribution is 9.09. The maximum Gasteiger partial charge on any atom is 0.132 e. The molecule has 0 aliphatic heterocycles. The fourth-order valence-electron chi connectivity index (χ4n) is 1.76. The number of hydrogen-bond donors (Lipinski definition) is 0. The zero-order chi connectivity index (χ0) is 13.3. The Hall–Kier alpha value is -0.880. The Bertz CT molecular complexity index is 548. The van der Waals surface area contributed by atoms with Crippen molar-refractivity contribution in [2.45, 2.75) is 31.6 Å². The number of nitrogens with zero attached hydrogens (tertiary/aromatic N) is 5. The molecule has 0 aliphatic rings. The molecule has 0 aliphatic carbocycles. The summed E-state index contributed by atoms with van der Waals surface area (Å²) in [6.07, 6.45) is 2.91. The van der Waals surface area contributed by atoms with Crippen LogP contribution in [-0.2, 0) is 13.6 Å². The van der Waals surface area contributed by atoms with Crippen molar-refractivity contribution in [2.24, 2.45) is 7.05 Å². The van der Waals surface area contributed by atoms with Crippen LogP contribution in [0, 0.1) is 6.92 Å². The molecule has 7 heteroatoms. The number of alkyl halides is 1. The molecule has 0 spiro atoms. The van der Waals surface area contributed by atoms with Gasteiger partial charge in [0, 0.05) is 18.8 Å². The Morgan fingerprint density at radius 3 is 2.78 bits per heavy atom. The first-order chi connectivity index (χ1) is 8.52. The van der Waals surface area contributed by atoms with E-state index in [-0.39, 0.29) is 4.83 Å². The minimum atomic E-state index is 0.247. The molecule has 2 heterocycles. The second kappa shape index (κ2) is 5.40. The van der Waals surface area contributed by atoms with Gasteiger partial charge < -0.3 is 0 Å². The van der Waals surface area contributed by atoms with Crippen LogP contribution in [0.15, 0.2) is 6.20 Å². The van der Waals surface area contributed by atoms with E-state index >= 15 is 0 Å². The van der Waals surface area contributed by atoms with Crippen LogP contribution >= 0.6 is 27.5 Å². The minimum Gasteiger partial charge on any atom is -0.256 e. The molecule has 0 aromatic carbocycles. The zero-order valence-corrected chi connectivity index (χ0v) is 12.9. The number of hydrogen-bond acceptors (Lipinski definition) is 3. The van der Waals surface area contributed by atoms with Crippen molar-refractivity contribution in [3.05, 3.63) is 28.3 Å². The summed E-state index contributed by atoms with van der Waals surface area (Å²) in [7, 11) is 1.83. The maximum atomic E-state index is 6.19. The van der Waals surface area contributed by atoms with Gasteiger partial charge in [-0.2, -0.15) is 5.10 Å². The van der Waals surface area contributed by atoms with Gasteiger partial charge in [0.2, 0.25) is 0 Å². The molecule has 2 aromatic rings. The molecular formula is C11H15BrClN5. The number of rotatable bonds is 4. The van der Waals surface area contributed by atoms with E-state index in [0.717, 1.165) is 23.4 Å². The van der Waals surface area contributed by atoms with Gasteiger partial charge in [0.25, 0.3) is 0 Å². The van der Waals surface area contributed by atoms with Crippen LogP contribution < -0.4 is 0 Å². The van der Waals surface area contributed by atoms with E-state index in [9.17, 15) is 0 Å². The smallest absolute Gasteiger partial charge is 0.132 e. The molecule has 2 aromatic heterocycles. The van der Waals surface area contributed by atoms with E-state index in [4.69, 9.17) is 11.6 Å². The van der Waals surface area contributed by atoms with Crippen molar-refractivity contribution in [2.75, 3.05) is 0 Å². The monoisotopic (exact) mass is 331 g/mol. The topological polar surface area (TPSA) is 48.5 Å². The lowest BCUT2D eigenvalue weighted by Gasteiger charge is -2.01. The summed E-state index contributed by atoms with van der Waals surface area (Å²) in [4.78, 5) is 0.247. The Labute approximate surface area is 119 Å². The Morgan fingerprint density at radius 2 is 2.22 bits per heavy atom. The predicted molar refractivity (Wildman–Crippen MR) is 74.0 cm³/mol. The van der Waals surface area contributed by atoms with Crippen LogP contribution in [0.3, 0.4) is 0 Å². The molecule has 0 fully saturated rings. The highest BCUT2D eigenvalue weighted by atomic mass is 79.9. The van der Waals surface area contributed by atoms with E-state index in [1.165, 1.54) is 0 Å².